The average molecular weight is 367 g/mol. The summed E-state index contributed by atoms with van der Waals surface area (Å²) in [7, 11) is 0. The Morgan fingerprint density at radius 2 is 1.96 bits per heavy atom. The first kappa shape index (κ1) is 16.9. The molecule has 0 atom stereocenters. The van der Waals surface area contributed by atoms with Crippen LogP contribution in [0.3, 0.4) is 0 Å². The van der Waals surface area contributed by atoms with Crippen LogP contribution in [0.15, 0.2) is 48.0 Å². The van der Waals surface area contributed by atoms with Gasteiger partial charge in [0.1, 0.15) is 5.76 Å². The Hall–Kier alpha value is -1.98. The topological polar surface area (TPSA) is 55.6 Å². The highest BCUT2D eigenvalue weighted by Crippen LogP contribution is 2.38. The zero-order valence-electron chi connectivity index (χ0n) is 12.9. The smallest absolute Gasteiger partial charge is 0.272 e. The molecule has 0 spiro atoms. The van der Waals surface area contributed by atoms with E-state index in [0.29, 0.717) is 5.76 Å². The van der Waals surface area contributed by atoms with Gasteiger partial charge in [-0.05, 0) is 31.8 Å². The van der Waals surface area contributed by atoms with Crippen LogP contribution in [-0.4, -0.2) is 16.4 Å². The van der Waals surface area contributed by atoms with Gasteiger partial charge in [0.2, 0.25) is 0 Å². The summed E-state index contributed by atoms with van der Waals surface area (Å²) in [5, 5.41) is 11.1. The number of nitro groups is 1. The second-order valence-electron chi connectivity index (χ2n) is 5.63. The Balaban J connectivity index is 1.82. The van der Waals surface area contributed by atoms with Crippen molar-refractivity contribution in [3.63, 3.8) is 0 Å². The molecule has 0 amide bonds. The van der Waals surface area contributed by atoms with Crippen molar-refractivity contribution in [2.24, 2.45) is 0 Å². The fourth-order valence-corrected chi connectivity index (χ4v) is 3.29. The molecule has 1 aliphatic heterocycles. The molecule has 1 aliphatic carbocycles. The van der Waals surface area contributed by atoms with Crippen LogP contribution in [0, 0.1) is 10.1 Å². The summed E-state index contributed by atoms with van der Waals surface area (Å²) >= 11 is 12.2. The number of nitro benzene ring substituents is 1. The van der Waals surface area contributed by atoms with E-state index in [2.05, 4.69) is 11.0 Å². The number of non-ortho nitro benzene ring substituents is 1. The van der Waals surface area contributed by atoms with E-state index >= 15 is 0 Å². The summed E-state index contributed by atoms with van der Waals surface area (Å²) in [5.41, 5.74) is 1.12. The Labute approximate surface area is 149 Å². The molecule has 1 aromatic carbocycles. The molecule has 0 unspecified atom stereocenters. The minimum atomic E-state index is -0.543. The van der Waals surface area contributed by atoms with Crippen LogP contribution in [0.5, 0.6) is 5.75 Å². The predicted molar refractivity (Wildman–Crippen MR) is 94.2 cm³/mol. The molecule has 5 nitrogen and oxygen atoms in total. The number of allylic oxidation sites excluding steroid dienone is 3. The maximum Gasteiger partial charge on any atom is 0.272 e. The minimum Gasteiger partial charge on any atom is -0.453 e. The lowest BCUT2D eigenvalue weighted by Crippen LogP contribution is -2.22. The quantitative estimate of drug-likeness (QED) is 0.524. The van der Waals surface area contributed by atoms with Crippen LogP contribution in [0.4, 0.5) is 5.69 Å². The highest BCUT2D eigenvalue weighted by molar-refractivity contribution is 6.37. The first-order valence-electron chi connectivity index (χ1n) is 7.70. The zero-order chi connectivity index (χ0) is 17.1. The molecule has 1 heterocycles. The van der Waals surface area contributed by atoms with E-state index in [4.69, 9.17) is 27.9 Å². The van der Waals surface area contributed by atoms with Crippen LogP contribution >= 0.6 is 23.2 Å². The minimum absolute atomic E-state index is 0.109. The van der Waals surface area contributed by atoms with Gasteiger partial charge < -0.3 is 9.64 Å². The number of hydrogen-bond donors (Lipinski definition) is 0. The number of halogens is 2. The van der Waals surface area contributed by atoms with Crippen molar-refractivity contribution in [1.29, 1.82) is 0 Å². The zero-order valence-corrected chi connectivity index (χ0v) is 14.4. The molecule has 1 aromatic rings. The van der Waals surface area contributed by atoms with Gasteiger partial charge in [0, 0.05) is 30.6 Å². The molecule has 0 bridgehead atoms. The number of hydrogen-bond acceptors (Lipinski definition) is 4. The second-order valence-corrected chi connectivity index (χ2v) is 6.44. The van der Waals surface area contributed by atoms with Crippen molar-refractivity contribution in [2.75, 3.05) is 6.54 Å². The molecular formula is C17H16Cl2N2O3. The molecule has 24 heavy (non-hydrogen) atoms. The van der Waals surface area contributed by atoms with Crippen molar-refractivity contribution in [3.8, 4) is 5.75 Å². The predicted octanol–water partition coefficient (Wildman–Crippen LogP) is 5.45. The van der Waals surface area contributed by atoms with E-state index in [1.165, 1.54) is 30.7 Å². The third-order valence-corrected chi connectivity index (χ3v) is 4.48. The lowest BCUT2D eigenvalue weighted by atomic mass is 10.0. The molecular weight excluding hydrogens is 351 g/mol. The summed E-state index contributed by atoms with van der Waals surface area (Å²) in [6, 6.07) is 2.47. The van der Waals surface area contributed by atoms with Gasteiger partial charge in [-0.15, -0.1) is 0 Å². The van der Waals surface area contributed by atoms with Crippen LogP contribution < -0.4 is 4.74 Å². The Bertz CT molecular complexity index is 733. The van der Waals surface area contributed by atoms with Gasteiger partial charge in [-0.1, -0.05) is 35.4 Å². The number of nitrogens with zero attached hydrogens (tertiary/aromatic N) is 2. The van der Waals surface area contributed by atoms with Gasteiger partial charge in [0.15, 0.2) is 5.75 Å². The van der Waals surface area contributed by atoms with E-state index in [1.54, 1.807) is 0 Å². The lowest BCUT2D eigenvalue weighted by Gasteiger charge is -2.28. The molecule has 0 saturated heterocycles. The van der Waals surface area contributed by atoms with Crippen LogP contribution in [0.1, 0.15) is 25.7 Å². The number of ether oxygens (including phenoxy) is 1. The SMILES string of the molecule is O=[N+]([O-])c1cc(Cl)c(OC2=CN(C3=CCCCC3)CC=C2)c(Cl)c1. The standard InChI is InChI=1S/C17H16Cl2N2O3/c18-15-9-13(21(22)23)10-16(19)17(15)24-14-7-4-8-20(11-14)12-5-2-1-3-6-12/h4-5,7,9-11H,1-3,6,8H2. The van der Waals surface area contributed by atoms with Crippen molar-refractivity contribution in [3.05, 3.63) is 68.2 Å². The van der Waals surface area contributed by atoms with Gasteiger partial charge >= 0.3 is 0 Å². The van der Waals surface area contributed by atoms with Crippen molar-refractivity contribution in [2.45, 2.75) is 25.7 Å². The summed E-state index contributed by atoms with van der Waals surface area (Å²) in [5.74, 6) is 0.810. The normalized spacial score (nSPS) is 17.3. The second kappa shape index (κ2) is 7.28. The van der Waals surface area contributed by atoms with Gasteiger partial charge in [-0.2, -0.15) is 0 Å². The summed E-state index contributed by atoms with van der Waals surface area (Å²) in [6.07, 6.45) is 12.6. The molecule has 0 N–H and O–H groups in total. The van der Waals surface area contributed by atoms with Gasteiger partial charge in [0.25, 0.3) is 5.69 Å². The lowest BCUT2D eigenvalue weighted by molar-refractivity contribution is -0.384. The van der Waals surface area contributed by atoms with Gasteiger partial charge in [-0.3, -0.25) is 10.1 Å². The third-order valence-electron chi connectivity index (χ3n) is 3.92. The maximum atomic E-state index is 10.8. The van der Waals surface area contributed by atoms with E-state index in [-0.39, 0.29) is 21.5 Å². The Kier molecular flexibility index (Phi) is 5.11. The van der Waals surface area contributed by atoms with E-state index in [0.717, 1.165) is 19.4 Å². The Morgan fingerprint density at radius 3 is 2.58 bits per heavy atom. The number of benzene rings is 1. The fraction of sp³-hybridized carbons (Fsp3) is 0.294. The average Bonchev–Trinajstić information content (AvgIpc) is 2.59. The molecule has 3 rings (SSSR count). The number of rotatable bonds is 4. The van der Waals surface area contributed by atoms with Crippen LogP contribution in [-0.2, 0) is 0 Å². The van der Waals surface area contributed by atoms with Crippen LogP contribution in [0.25, 0.3) is 0 Å². The summed E-state index contributed by atoms with van der Waals surface area (Å²) in [4.78, 5) is 12.4. The third kappa shape index (κ3) is 3.74. The van der Waals surface area contributed by atoms with Crippen molar-refractivity contribution >= 4 is 28.9 Å². The largest absolute Gasteiger partial charge is 0.453 e. The molecule has 0 fully saturated rings. The molecule has 0 aromatic heterocycles. The fourth-order valence-electron chi connectivity index (χ4n) is 2.74. The summed E-state index contributed by atoms with van der Waals surface area (Å²) < 4.78 is 5.79. The van der Waals surface area contributed by atoms with Crippen molar-refractivity contribution < 1.29 is 9.66 Å². The molecule has 0 saturated carbocycles. The van der Waals surface area contributed by atoms with Gasteiger partial charge in [-0.25, -0.2) is 0 Å². The maximum absolute atomic E-state index is 10.8. The Morgan fingerprint density at radius 1 is 1.21 bits per heavy atom. The van der Waals surface area contributed by atoms with Crippen LogP contribution in [0.2, 0.25) is 10.0 Å². The van der Waals surface area contributed by atoms with E-state index in [1.807, 2.05) is 18.4 Å². The first-order chi connectivity index (χ1) is 11.5. The molecule has 0 radical (unpaired) electrons. The highest BCUT2D eigenvalue weighted by atomic mass is 35.5. The molecule has 7 heteroatoms. The highest BCUT2D eigenvalue weighted by Gasteiger charge is 2.18. The monoisotopic (exact) mass is 366 g/mol. The van der Waals surface area contributed by atoms with E-state index < -0.39 is 4.92 Å². The van der Waals surface area contributed by atoms with E-state index in [9.17, 15) is 10.1 Å². The first-order valence-corrected chi connectivity index (χ1v) is 8.45. The van der Waals surface area contributed by atoms with Gasteiger partial charge in [0.05, 0.1) is 15.0 Å². The van der Waals surface area contributed by atoms with Crippen molar-refractivity contribution in [1.82, 2.24) is 4.90 Å². The summed E-state index contributed by atoms with van der Waals surface area (Å²) in [6.45, 7) is 0.792. The molecule has 2 aliphatic rings. The molecule has 126 valence electrons.